The van der Waals surface area contributed by atoms with Crippen LogP contribution < -0.4 is 10.6 Å². The topological polar surface area (TPSA) is 66.9 Å². The van der Waals surface area contributed by atoms with Crippen molar-refractivity contribution in [1.82, 2.24) is 15.5 Å². The summed E-state index contributed by atoms with van der Waals surface area (Å²) in [5, 5.41) is 14.9. The number of nitrogens with zero attached hydrogens (tertiary/aromatic N) is 2. The summed E-state index contributed by atoms with van der Waals surface area (Å²) in [5.74, 6) is 1.44. The van der Waals surface area contributed by atoms with E-state index in [9.17, 15) is 4.79 Å². The molecule has 108 valence electrons. The number of carbonyl (C=O) groups is 1. The molecule has 0 spiro atoms. The first-order valence-corrected chi connectivity index (χ1v) is 7.62. The van der Waals surface area contributed by atoms with Crippen LogP contribution in [0.1, 0.15) is 44.4 Å². The molecule has 0 aromatic carbocycles. The molecule has 0 saturated carbocycles. The maximum absolute atomic E-state index is 12.0. The highest BCUT2D eigenvalue weighted by atomic mass is 32.1. The molecule has 1 rings (SSSR count). The summed E-state index contributed by atoms with van der Waals surface area (Å²) >= 11 is 1.29. The van der Waals surface area contributed by atoms with Crippen LogP contribution in [-0.2, 0) is 0 Å². The van der Waals surface area contributed by atoms with Crippen molar-refractivity contribution in [3.8, 4) is 0 Å². The highest BCUT2D eigenvalue weighted by Gasteiger charge is 2.20. The van der Waals surface area contributed by atoms with Crippen molar-refractivity contribution in [1.29, 1.82) is 0 Å². The highest BCUT2D eigenvalue weighted by molar-refractivity contribution is 7.17. The molecular formula is C13H24N4OS. The van der Waals surface area contributed by atoms with Crippen molar-refractivity contribution in [3.63, 3.8) is 0 Å². The Kier molecular flexibility index (Phi) is 6.21. The van der Waals surface area contributed by atoms with Gasteiger partial charge in [-0.1, -0.05) is 39.0 Å². The van der Waals surface area contributed by atoms with Crippen molar-refractivity contribution < 1.29 is 4.79 Å². The van der Waals surface area contributed by atoms with E-state index in [1.807, 2.05) is 6.92 Å². The fourth-order valence-corrected chi connectivity index (χ4v) is 2.79. The zero-order valence-corrected chi connectivity index (χ0v) is 13.2. The fourth-order valence-electron chi connectivity index (χ4n) is 2.07. The zero-order chi connectivity index (χ0) is 14.4. The van der Waals surface area contributed by atoms with Gasteiger partial charge in [-0.2, -0.15) is 0 Å². The molecule has 0 radical (unpaired) electrons. The van der Waals surface area contributed by atoms with E-state index < -0.39 is 0 Å². The van der Waals surface area contributed by atoms with E-state index in [1.54, 1.807) is 0 Å². The van der Waals surface area contributed by atoms with Gasteiger partial charge in [0.1, 0.15) is 0 Å². The smallest absolute Gasteiger partial charge is 0.282 e. The van der Waals surface area contributed by atoms with Crippen LogP contribution in [0.3, 0.4) is 0 Å². The number of nitrogens with one attached hydrogen (secondary N) is 2. The number of anilines is 1. The van der Waals surface area contributed by atoms with Gasteiger partial charge in [0.25, 0.3) is 5.91 Å². The predicted octanol–water partition coefficient (Wildman–Crippen LogP) is 2.63. The molecule has 0 saturated heterocycles. The van der Waals surface area contributed by atoms with Gasteiger partial charge in [-0.3, -0.25) is 4.79 Å². The molecule has 0 fully saturated rings. The molecule has 0 aliphatic rings. The molecule has 0 bridgehead atoms. The summed E-state index contributed by atoms with van der Waals surface area (Å²) in [6.07, 6.45) is 0. The third-order valence-electron chi connectivity index (χ3n) is 3.16. The lowest BCUT2D eigenvalue weighted by Gasteiger charge is -2.24. The Morgan fingerprint density at radius 2 is 1.84 bits per heavy atom. The SMILES string of the molecule is CCNc1nnc(C(=O)NCC(C(C)C)C(C)C)s1. The lowest BCUT2D eigenvalue weighted by molar-refractivity contribution is 0.0936. The molecule has 2 N–H and O–H groups in total. The first-order chi connectivity index (χ1) is 8.95. The molecule has 19 heavy (non-hydrogen) atoms. The van der Waals surface area contributed by atoms with Gasteiger partial charge in [0.15, 0.2) is 0 Å². The Morgan fingerprint density at radius 1 is 1.21 bits per heavy atom. The molecule has 0 atom stereocenters. The average Bonchev–Trinajstić information content (AvgIpc) is 2.77. The number of carbonyl (C=O) groups excluding carboxylic acids is 1. The molecule has 1 amide bonds. The van der Waals surface area contributed by atoms with Crippen LogP contribution in [0.2, 0.25) is 0 Å². The van der Waals surface area contributed by atoms with Gasteiger partial charge in [-0.05, 0) is 24.7 Å². The molecule has 1 heterocycles. The van der Waals surface area contributed by atoms with Gasteiger partial charge >= 0.3 is 0 Å². The Labute approximate surface area is 119 Å². The summed E-state index contributed by atoms with van der Waals surface area (Å²) in [4.78, 5) is 12.0. The second-order valence-corrected chi connectivity index (χ2v) is 6.28. The largest absolute Gasteiger partial charge is 0.360 e. The van der Waals surface area contributed by atoms with Crippen LogP contribution in [0.15, 0.2) is 0 Å². The van der Waals surface area contributed by atoms with E-state index in [0.29, 0.717) is 34.4 Å². The molecule has 1 aromatic rings. The monoisotopic (exact) mass is 284 g/mol. The van der Waals surface area contributed by atoms with Crippen LogP contribution >= 0.6 is 11.3 Å². The Balaban J connectivity index is 2.54. The van der Waals surface area contributed by atoms with E-state index in [4.69, 9.17) is 0 Å². The number of amides is 1. The maximum Gasteiger partial charge on any atom is 0.282 e. The third-order valence-corrected chi connectivity index (χ3v) is 4.04. The molecule has 0 unspecified atom stereocenters. The summed E-state index contributed by atoms with van der Waals surface area (Å²) in [7, 11) is 0. The summed E-state index contributed by atoms with van der Waals surface area (Å²) < 4.78 is 0. The van der Waals surface area contributed by atoms with Crippen LogP contribution in [-0.4, -0.2) is 29.2 Å². The van der Waals surface area contributed by atoms with Gasteiger partial charge in [0.05, 0.1) is 0 Å². The van der Waals surface area contributed by atoms with Crippen molar-refractivity contribution in [3.05, 3.63) is 5.01 Å². The highest BCUT2D eigenvalue weighted by Crippen LogP contribution is 2.20. The number of hydrogen-bond acceptors (Lipinski definition) is 5. The molecule has 0 aliphatic carbocycles. The van der Waals surface area contributed by atoms with Crippen molar-refractivity contribution in [2.24, 2.45) is 17.8 Å². The summed E-state index contributed by atoms with van der Waals surface area (Å²) in [6.45, 7) is 12.2. The van der Waals surface area contributed by atoms with Gasteiger partial charge in [0, 0.05) is 13.1 Å². The first kappa shape index (κ1) is 15.9. The second-order valence-electron chi connectivity index (χ2n) is 5.30. The standard InChI is InChI=1S/C13H24N4OS/c1-6-14-13-17-16-12(19-13)11(18)15-7-10(8(2)3)9(4)5/h8-10H,6-7H2,1-5H3,(H,14,17)(H,15,18). The van der Waals surface area contributed by atoms with E-state index >= 15 is 0 Å². The maximum atomic E-state index is 12.0. The lowest BCUT2D eigenvalue weighted by atomic mass is 9.85. The van der Waals surface area contributed by atoms with Crippen molar-refractivity contribution in [2.75, 3.05) is 18.4 Å². The number of hydrogen-bond donors (Lipinski definition) is 2. The minimum Gasteiger partial charge on any atom is -0.360 e. The minimum atomic E-state index is -0.132. The van der Waals surface area contributed by atoms with E-state index in [-0.39, 0.29) is 5.91 Å². The van der Waals surface area contributed by atoms with E-state index in [0.717, 1.165) is 6.54 Å². The fraction of sp³-hybridized carbons (Fsp3) is 0.769. The van der Waals surface area contributed by atoms with Crippen LogP contribution in [0.25, 0.3) is 0 Å². The second kappa shape index (κ2) is 7.43. The van der Waals surface area contributed by atoms with Crippen molar-refractivity contribution in [2.45, 2.75) is 34.6 Å². The van der Waals surface area contributed by atoms with Crippen molar-refractivity contribution >= 4 is 22.4 Å². The molecule has 5 nitrogen and oxygen atoms in total. The molecule has 1 aromatic heterocycles. The Bertz CT molecular complexity index is 395. The van der Waals surface area contributed by atoms with Crippen LogP contribution in [0.5, 0.6) is 0 Å². The quantitative estimate of drug-likeness (QED) is 0.807. The summed E-state index contributed by atoms with van der Waals surface area (Å²) in [6, 6.07) is 0. The van der Waals surface area contributed by atoms with Crippen LogP contribution in [0, 0.1) is 17.8 Å². The van der Waals surface area contributed by atoms with E-state index in [1.165, 1.54) is 11.3 Å². The molecular weight excluding hydrogens is 260 g/mol. The first-order valence-electron chi connectivity index (χ1n) is 6.81. The van der Waals surface area contributed by atoms with Gasteiger partial charge < -0.3 is 10.6 Å². The zero-order valence-electron chi connectivity index (χ0n) is 12.4. The summed E-state index contributed by atoms with van der Waals surface area (Å²) in [5.41, 5.74) is 0. The number of aromatic nitrogens is 2. The Hall–Kier alpha value is -1.17. The minimum absolute atomic E-state index is 0.132. The normalized spacial score (nSPS) is 11.4. The Morgan fingerprint density at radius 3 is 2.37 bits per heavy atom. The van der Waals surface area contributed by atoms with E-state index in [2.05, 4.69) is 48.5 Å². The lowest BCUT2D eigenvalue weighted by Crippen LogP contribution is -2.33. The van der Waals surface area contributed by atoms with Gasteiger partial charge in [0.2, 0.25) is 10.1 Å². The van der Waals surface area contributed by atoms with Crippen LogP contribution in [0.4, 0.5) is 5.13 Å². The average molecular weight is 284 g/mol. The predicted molar refractivity (Wildman–Crippen MR) is 79.6 cm³/mol. The molecule has 0 aliphatic heterocycles. The third kappa shape index (κ3) is 4.78. The molecule has 6 heteroatoms. The van der Waals surface area contributed by atoms with Gasteiger partial charge in [-0.25, -0.2) is 0 Å². The van der Waals surface area contributed by atoms with Gasteiger partial charge in [-0.15, -0.1) is 10.2 Å². The number of rotatable bonds is 7.